The van der Waals surface area contributed by atoms with Crippen molar-refractivity contribution in [3.8, 4) is 0 Å². The molecule has 0 saturated heterocycles. The topological polar surface area (TPSA) is 19.0 Å². The number of nitrogens with one attached hydrogen (secondary N) is 1. The van der Waals surface area contributed by atoms with E-state index >= 15 is 0 Å². The monoisotopic (exact) mass is 244 g/mol. The van der Waals surface area contributed by atoms with Crippen LogP contribution in [0.2, 0.25) is 0 Å². The van der Waals surface area contributed by atoms with Crippen molar-refractivity contribution in [1.29, 1.82) is 0 Å². The highest BCUT2D eigenvalue weighted by atomic mass is 15.1. The van der Waals surface area contributed by atoms with E-state index in [0.29, 0.717) is 0 Å². The SMILES string of the molecule is CCCCc1[nH]c2ccc(C)cc2c1CN(C)C. The fourth-order valence-electron chi connectivity index (χ4n) is 2.48. The lowest BCUT2D eigenvalue weighted by Gasteiger charge is -2.11. The fraction of sp³-hybridized carbons (Fsp3) is 0.500. The molecule has 0 saturated carbocycles. The van der Waals surface area contributed by atoms with Gasteiger partial charge >= 0.3 is 0 Å². The summed E-state index contributed by atoms with van der Waals surface area (Å²) >= 11 is 0. The average molecular weight is 244 g/mol. The maximum atomic E-state index is 3.60. The van der Waals surface area contributed by atoms with Crippen molar-refractivity contribution >= 4 is 10.9 Å². The van der Waals surface area contributed by atoms with E-state index in [1.165, 1.54) is 40.6 Å². The van der Waals surface area contributed by atoms with Gasteiger partial charge in [0.25, 0.3) is 0 Å². The van der Waals surface area contributed by atoms with Gasteiger partial charge in [-0.05, 0) is 51.6 Å². The van der Waals surface area contributed by atoms with Crippen LogP contribution in [-0.4, -0.2) is 24.0 Å². The zero-order chi connectivity index (χ0) is 13.1. The van der Waals surface area contributed by atoms with Crippen molar-refractivity contribution in [2.24, 2.45) is 0 Å². The van der Waals surface area contributed by atoms with E-state index in [0.717, 1.165) is 13.0 Å². The van der Waals surface area contributed by atoms with Crippen LogP contribution in [0.4, 0.5) is 0 Å². The molecule has 18 heavy (non-hydrogen) atoms. The van der Waals surface area contributed by atoms with Crippen LogP contribution in [0.25, 0.3) is 10.9 Å². The first kappa shape index (κ1) is 13.2. The molecule has 1 aromatic heterocycles. The van der Waals surface area contributed by atoms with Crippen LogP contribution >= 0.6 is 0 Å². The van der Waals surface area contributed by atoms with Gasteiger partial charge in [-0.15, -0.1) is 0 Å². The Morgan fingerprint density at radius 3 is 2.67 bits per heavy atom. The third-order valence-corrected chi connectivity index (χ3v) is 3.40. The van der Waals surface area contributed by atoms with Gasteiger partial charge in [-0.3, -0.25) is 0 Å². The number of fused-ring (bicyclic) bond motifs is 1. The number of aromatic nitrogens is 1. The molecule has 2 heteroatoms. The van der Waals surface area contributed by atoms with Gasteiger partial charge in [0.2, 0.25) is 0 Å². The maximum absolute atomic E-state index is 3.60. The van der Waals surface area contributed by atoms with Crippen molar-refractivity contribution in [2.75, 3.05) is 14.1 Å². The summed E-state index contributed by atoms with van der Waals surface area (Å²) in [5, 5.41) is 1.40. The second-order valence-corrected chi connectivity index (χ2v) is 5.47. The standard InChI is InChI=1S/C16H24N2/c1-5-6-7-15-14(11-18(3)4)13-10-12(2)8-9-16(13)17-15/h8-10,17H,5-7,11H2,1-4H3. The number of benzene rings is 1. The van der Waals surface area contributed by atoms with E-state index in [1.54, 1.807) is 0 Å². The van der Waals surface area contributed by atoms with Crippen molar-refractivity contribution in [3.05, 3.63) is 35.0 Å². The van der Waals surface area contributed by atoms with Crippen LogP contribution in [0.5, 0.6) is 0 Å². The lowest BCUT2D eigenvalue weighted by Crippen LogP contribution is -2.11. The van der Waals surface area contributed by atoms with Crippen LogP contribution in [0.15, 0.2) is 18.2 Å². The second kappa shape index (κ2) is 5.57. The predicted molar refractivity (Wildman–Crippen MR) is 79.0 cm³/mol. The lowest BCUT2D eigenvalue weighted by atomic mass is 10.1. The number of unbranched alkanes of at least 4 members (excludes halogenated alkanes) is 1. The molecule has 0 atom stereocenters. The van der Waals surface area contributed by atoms with E-state index < -0.39 is 0 Å². The first-order valence-corrected chi connectivity index (χ1v) is 6.86. The van der Waals surface area contributed by atoms with Gasteiger partial charge < -0.3 is 9.88 Å². The van der Waals surface area contributed by atoms with E-state index in [9.17, 15) is 0 Å². The third-order valence-electron chi connectivity index (χ3n) is 3.40. The molecular formula is C16H24N2. The molecule has 0 radical (unpaired) electrons. The van der Waals surface area contributed by atoms with E-state index in [1.807, 2.05) is 0 Å². The average Bonchev–Trinajstić information content (AvgIpc) is 2.64. The van der Waals surface area contributed by atoms with E-state index in [2.05, 4.69) is 56.0 Å². The third kappa shape index (κ3) is 2.75. The number of rotatable bonds is 5. The van der Waals surface area contributed by atoms with Crippen molar-refractivity contribution < 1.29 is 0 Å². The van der Waals surface area contributed by atoms with Crippen LogP contribution in [0.1, 0.15) is 36.6 Å². The number of hydrogen-bond acceptors (Lipinski definition) is 1. The van der Waals surface area contributed by atoms with Gasteiger partial charge in [-0.25, -0.2) is 0 Å². The number of H-pyrrole nitrogens is 1. The molecule has 1 N–H and O–H groups in total. The van der Waals surface area contributed by atoms with Crippen molar-refractivity contribution in [1.82, 2.24) is 9.88 Å². The Balaban J connectivity index is 2.47. The highest BCUT2D eigenvalue weighted by Gasteiger charge is 2.11. The first-order chi connectivity index (χ1) is 8.61. The maximum Gasteiger partial charge on any atom is 0.0459 e. The molecule has 2 nitrogen and oxygen atoms in total. The number of aromatic amines is 1. The minimum Gasteiger partial charge on any atom is -0.358 e. The largest absolute Gasteiger partial charge is 0.358 e. The summed E-state index contributed by atoms with van der Waals surface area (Å²) in [6, 6.07) is 6.70. The zero-order valence-electron chi connectivity index (χ0n) is 12.0. The quantitative estimate of drug-likeness (QED) is 0.845. The van der Waals surface area contributed by atoms with Crippen LogP contribution in [0, 0.1) is 6.92 Å². The van der Waals surface area contributed by atoms with Gasteiger partial charge in [-0.2, -0.15) is 0 Å². The Hall–Kier alpha value is -1.28. The molecule has 0 amide bonds. The molecule has 1 aromatic carbocycles. The molecule has 0 spiro atoms. The van der Waals surface area contributed by atoms with Gasteiger partial charge in [0.05, 0.1) is 0 Å². The summed E-state index contributed by atoms with van der Waals surface area (Å²) < 4.78 is 0. The number of aryl methyl sites for hydroxylation is 2. The smallest absolute Gasteiger partial charge is 0.0459 e. The van der Waals surface area contributed by atoms with Crippen molar-refractivity contribution in [3.63, 3.8) is 0 Å². The van der Waals surface area contributed by atoms with Gasteiger partial charge in [-0.1, -0.05) is 25.0 Å². The Morgan fingerprint density at radius 2 is 2.00 bits per heavy atom. The molecule has 0 aliphatic heterocycles. The Labute approximate surface area is 110 Å². The number of hydrogen-bond donors (Lipinski definition) is 1. The minimum atomic E-state index is 1.02. The van der Waals surface area contributed by atoms with Gasteiger partial charge in [0, 0.05) is 23.1 Å². The molecule has 0 aliphatic rings. The molecule has 0 unspecified atom stereocenters. The zero-order valence-corrected chi connectivity index (χ0v) is 12.0. The van der Waals surface area contributed by atoms with Gasteiger partial charge in [0.15, 0.2) is 0 Å². The van der Waals surface area contributed by atoms with E-state index in [-0.39, 0.29) is 0 Å². The summed E-state index contributed by atoms with van der Waals surface area (Å²) in [5.41, 5.74) is 5.52. The summed E-state index contributed by atoms with van der Waals surface area (Å²) in [6.07, 6.45) is 3.66. The molecule has 0 bridgehead atoms. The Morgan fingerprint density at radius 1 is 1.22 bits per heavy atom. The Kier molecular flexibility index (Phi) is 4.07. The summed E-state index contributed by atoms with van der Waals surface area (Å²) in [7, 11) is 4.27. The van der Waals surface area contributed by atoms with Crippen LogP contribution in [-0.2, 0) is 13.0 Å². The molecule has 98 valence electrons. The van der Waals surface area contributed by atoms with Gasteiger partial charge in [0.1, 0.15) is 0 Å². The number of nitrogens with zero attached hydrogens (tertiary/aromatic N) is 1. The van der Waals surface area contributed by atoms with Crippen molar-refractivity contribution in [2.45, 2.75) is 39.7 Å². The highest BCUT2D eigenvalue weighted by molar-refractivity contribution is 5.85. The Bertz CT molecular complexity index is 523. The highest BCUT2D eigenvalue weighted by Crippen LogP contribution is 2.25. The molecule has 0 fully saturated rings. The molecule has 1 heterocycles. The molecule has 0 aliphatic carbocycles. The van der Waals surface area contributed by atoms with Crippen LogP contribution in [0.3, 0.4) is 0 Å². The first-order valence-electron chi connectivity index (χ1n) is 6.86. The summed E-state index contributed by atoms with van der Waals surface area (Å²) in [6.45, 7) is 5.43. The molecule has 2 aromatic rings. The van der Waals surface area contributed by atoms with E-state index in [4.69, 9.17) is 0 Å². The minimum absolute atomic E-state index is 1.02. The second-order valence-electron chi connectivity index (χ2n) is 5.47. The summed E-state index contributed by atoms with van der Waals surface area (Å²) in [5.74, 6) is 0. The fourth-order valence-corrected chi connectivity index (χ4v) is 2.48. The van der Waals surface area contributed by atoms with Crippen LogP contribution < -0.4 is 0 Å². The lowest BCUT2D eigenvalue weighted by molar-refractivity contribution is 0.402. The molecular weight excluding hydrogens is 220 g/mol. The predicted octanol–water partition coefficient (Wildman–Crippen LogP) is 3.88. The normalized spacial score (nSPS) is 11.6. The molecule has 2 rings (SSSR count). The summed E-state index contributed by atoms with van der Waals surface area (Å²) in [4.78, 5) is 5.86.